The Kier molecular flexibility index (Phi) is 6.00. The molecule has 1 fully saturated rings. The molecule has 3 heterocycles. The van der Waals surface area contributed by atoms with Gasteiger partial charge in [0.15, 0.2) is 5.75 Å². The molecule has 0 radical (unpaired) electrons. The lowest BCUT2D eigenvalue weighted by molar-refractivity contribution is 0.280. The van der Waals surface area contributed by atoms with Crippen molar-refractivity contribution >= 4 is 34.0 Å². The summed E-state index contributed by atoms with van der Waals surface area (Å²) in [7, 11) is 0. The lowest BCUT2D eigenvalue weighted by atomic mass is 10.2. The number of para-hydroxylation sites is 1. The second kappa shape index (κ2) is 9.38. The Labute approximate surface area is 190 Å². The maximum Gasteiger partial charge on any atom is 0.169 e. The lowest BCUT2D eigenvalue weighted by Crippen LogP contribution is -2.28. The Morgan fingerprint density at radius 2 is 2.03 bits per heavy atom. The van der Waals surface area contributed by atoms with Crippen molar-refractivity contribution < 1.29 is 9.47 Å². The minimum absolute atomic E-state index is 0.360. The summed E-state index contributed by atoms with van der Waals surface area (Å²) in [4.78, 5) is 13.0. The molecule has 0 bridgehead atoms. The molecule has 2 N–H and O–H groups in total. The van der Waals surface area contributed by atoms with Gasteiger partial charge in [0.25, 0.3) is 0 Å². The maximum absolute atomic E-state index is 6.47. The minimum Gasteiger partial charge on any atom is -0.491 e. The third-order valence-corrected chi connectivity index (χ3v) is 5.60. The van der Waals surface area contributed by atoms with Crippen LogP contribution >= 0.6 is 11.6 Å². The van der Waals surface area contributed by atoms with Gasteiger partial charge < -0.3 is 20.1 Å². The van der Waals surface area contributed by atoms with Crippen molar-refractivity contribution in [2.45, 2.75) is 18.9 Å². The summed E-state index contributed by atoms with van der Waals surface area (Å²) in [5, 5.41) is 8.11. The van der Waals surface area contributed by atoms with Gasteiger partial charge in [0, 0.05) is 12.2 Å². The number of rotatable bonds is 7. The summed E-state index contributed by atoms with van der Waals surface area (Å²) in [5.41, 5.74) is 1.46. The zero-order valence-corrected chi connectivity index (χ0v) is 18.0. The molecule has 8 heteroatoms. The predicted molar refractivity (Wildman–Crippen MR) is 125 cm³/mol. The summed E-state index contributed by atoms with van der Waals surface area (Å²) in [6.07, 6.45) is 7.14. The van der Waals surface area contributed by atoms with E-state index in [1.54, 1.807) is 24.5 Å². The molecule has 0 spiro atoms. The second-order valence-corrected chi connectivity index (χ2v) is 7.92. The summed E-state index contributed by atoms with van der Waals surface area (Å²) in [6.45, 7) is 1.63. The normalized spacial score (nSPS) is 15.6. The van der Waals surface area contributed by atoms with Crippen LogP contribution in [0.25, 0.3) is 10.9 Å². The molecule has 1 aliphatic rings. The molecule has 1 aliphatic heterocycles. The van der Waals surface area contributed by atoms with Crippen LogP contribution in [0.15, 0.2) is 67.3 Å². The van der Waals surface area contributed by atoms with Crippen molar-refractivity contribution in [3.63, 3.8) is 0 Å². The van der Waals surface area contributed by atoms with E-state index in [1.807, 2.05) is 36.4 Å². The highest BCUT2D eigenvalue weighted by Gasteiger charge is 2.18. The van der Waals surface area contributed by atoms with E-state index in [1.165, 1.54) is 12.7 Å². The molecule has 32 heavy (non-hydrogen) atoms. The third-order valence-electron chi connectivity index (χ3n) is 5.30. The highest BCUT2D eigenvalue weighted by atomic mass is 35.5. The smallest absolute Gasteiger partial charge is 0.169 e. The Balaban J connectivity index is 1.48. The number of aromatic nitrogens is 3. The highest BCUT2D eigenvalue weighted by molar-refractivity contribution is 6.32. The van der Waals surface area contributed by atoms with Crippen LogP contribution in [-0.2, 0) is 0 Å². The van der Waals surface area contributed by atoms with Gasteiger partial charge in [0.05, 0.1) is 27.8 Å². The average Bonchev–Trinajstić information content (AvgIpc) is 3.34. The molecular weight excluding hydrogens is 426 g/mol. The molecule has 0 unspecified atom stereocenters. The van der Waals surface area contributed by atoms with Crippen LogP contribution in [0.1, 0.15) is 12.8 Å². The van der Waals surface area contributed by atoms with E-state index in [2.05, 4.69) is 25.6 Å². The van der Waals surface area contributed by atoms with E-state index in [-0.39, 0.29) is 0 Å². The first-order valence-corrected chi connectivity index (χ1v) is 10.9. The minimum atomic E-state index is 0.360. The van der Waals surface area contributed by atoms with Crippen molar-refractivity contribution in [1.29, 1.82) is 0 Å². The van der Waals surface area contributed by atoms with Gasteiger partial charge >= 0.3 is 0 Å². The number of nitrogens with zero attached hydrogens (tertiary/aromatic N) is 3. The summed E-state index contributed by atoms with van der Waals surface area (Å²) in [5.74, 6) is 2.42. The first-order valence-electron chi connectivity index (χ1n) is 10.5. The van der Waals surface area contributed by atoms with Gasteiger partial charge in [-0.1, -0.05) is 23.7 Å². The Morgan fingerprint density at radius 3 is 2.88 bits per heavy atom. The number of hydrogen-bond acceptors (Lipinski definition) is 7. The molecule has 0 saturated carbocycles. The number of benzene rings is 2. The number of ether oxygens (including phenoxy) is 2. The van der Waals surface area contributed by atoms with Crippen LogP contribution in [0.4, 0.5) is 11.5 Å². The molecule has 7 nitrogen and oxygen atoms in total. The van der Waals surface area contributed by atoms with Gasteiger partial charge in [-0.3, -0.25) is 4.98 Å². The summed E-state index contributed by atoms with van der Waals surface area (Å²) >= 11 is 6.47. The molecule has 162 valence electrons. The van der Waals surface area contributed by atoms with Gasteiger partial charge in [-0.2, -0.15) is 0 Å². The Hall–Kier alpha value is -3.42. The van der Waals surface area contributed by atoms with E-state index < -0.39 is 0 Å². The van der Waals surface area contributed by atoms with E-state index in [4.69, 9.17) is 21.1 Å². The molecule has 1 atom stereocenters. The number of pyridine rings is 1. The fourth-order valence-electron chi connectivity index (χ4n) is 3.75. The maximum atomic E-state index is 6.47. The Bertz CT molecular complexity index is 1210. The lowest BCUT2D eigenvalue weighted by Gasteiger charge is -2.17. The molecular formula is C24H22ClN5O2. The van der Waals surface area contributed by atoms with Crippen molar-refractivity contribution in [2.75, 3.05) is 18.5 Å². The monoisotopic (exact) mass is 447 g/mol. The summed E-state index contributed by atoms with van der Waals surface area (Å²) in [6, 6.07) is 15.3. The zero-order chi connectivity index (χ0) is 21.8. The summed E-state index contributed by atoms with van der Waals surface area (Å²) < 4.78 is 12.2. The predicted octanol–water partition coefficient (Wildman–Crippen LogP) is 5.34. The quantitative estimate of drug-likeness (QED) is 0.395. The largest absolute Gasteiger partial charge is 0.491 e. The second-order valence-electron chi connectivity index (χ2n) is 7.51. The molecule has 5 rings (SSSR count). The SMILES string of the molecule is Clc1cccc(Nc2ncnc3cccc(OC[C@H]4CCCN4)c23)c1Oc1cccnc1. The zero-order valence-electron chi connectivity index (χ0n) is 17.3. The number of halogens is 1. The number of nitrogens with one attached hydrogen (secondary N) is 2. The van der Waals surface area contributed by atoms with Crippen LogP contribution in [0, 0.1) is 0 Å². The standard InChI is InChI=1S/C24H22ClN5O2/c25-18-7-1-9-20(23(18)32-17-6-4-11-26-13-17)30-24-22-19(28-15-29-24)8-2-10-21(22)31-14-16-5-3-12-27-16/h1-2,4,6-11,13,15-16,27H,3,5,12,14H2,(H,28,29,30)/t16-/m1/s1. The van der Waals surface area contributed by atoms with E-state index in [0.717, 1.165) is 29.6 Å². The molecule has 2 aromatic heterocycles. The average molecular weight is 448 g/mol. The van der Waals surface area contributed by atoms with Gasteiger partial charge in [-0.15, -0.1) is 0 Å². The van der Waals surface area contributed by atoms with Gasteiger partial charge in [0.1, 0.15) is 30.3 Å². The highest BCUT2D eigenvalue weighted by Crippen LogP contribution is 2.39. The topological polar surface area (TPSA) is 81.2 Å². The van der Waals surface area contributed by atoms with Crippen LogP contribution < -0.4 is 20.1 Å². The van der Waals surface area contributed by atoms with E-state index >= 15 is 0 Å². The van der Waals surface area contributed by atoms with Crippen molar-refractivity contribution in [3.05, 3.63) is 72.3 Å². The van der Waals surface area contributed by atoms with Crippen LogP contribution in [-0.4, -0.2) is 34.1 Å². The molecule has 2 aromatic carbocycles. The number of hydrogen-bond donors (Lipinski definition) is 2. The molecule has 0 aliphatic carbocycles. The van der Waals surface area contributed by atoms with E-state index in [0.29, 0.717) is 40.7 Å². The van der Waals surface area contributed by atoms with Gasteiger partial charge in [-0.05, 0) is 55.8 Å². The number of fused-ring (bicyclic) bond motifs is 1. The molecule has 0 amide bonds. The fourth-order valence-corrected chi connectivity index (χ4v) is 3.96. The molecule has 4 aromatic rings. The van der Waals surface area contributed by atoms with Crippen LogP contribution in [0.2, 0.25) is 5.02 Å². The van der Waals surface area contributed by atoms with Gasteiger partial charge in [-0.25, -0.2) is 9.97 Å². The first-order chi connectivity index (χ1) is 15.8. The van der Waals surface area contributed by atoms with Crippen LogP contribution in [0.3, 0.4) is 0 Å². The van der Waals surface area contributed by atoms with Crippen molar-refractivity contribution in [2.24, 2.45) is 0 Å². The molecule has 1 saturated heterocycles. The third kappa shape index (κ3) is 4.44. The first kappa shape index (κ1) is 20.5. The van der Waals surface area contributed by atoms with E-state index in [9.17, 15) is 0 Å². The Morgan fingerprint density at radius 1 is 1.09 bits per heavy atom. The van der Waals surface area contributed by atoms with Crippen molar-refractivity contribution in [3.8, 4) is 17.2 Å². The van der Waals surface area contributed by atoms with Gasteiger partial charge in [0.2, 0.25) is 0 Å². The van der Waals surface area contributed by atoms with Crippen molar-refractivity contribution in [1.82, 2.24) is 20.3 Å². The van der Waals surface area contributed by atoms with Crippen LogP contribution in [0.5, 0.6) is 17.2 Å². The fraction of sp³-hybridized carbons (Fsp3) is 0.208. The number of anilines is 2.